The van der Waals surface area contributed by atoms with Gasteiger partial charge in [0.2, 0.25) is 0 Å². The van der Waals surface area contributed by atoms with Crippen LogP contribution in [-0.4, -0.2) is 49.6 Å². The first kappa shape index (κ1) is 29.1. The zero-order valence-electron chi connectivity index (χ0n) is 21.0. The summed E-state index contributed by atoms with van der Waals surface area (Å²) in [4.78, 5) is 4.91. The third kappa shape index (κ3) is 6.71. The van der Waals surface area contributed by atoms with E-state index in [2.05, 4.69) is 34.1 Å². The molecule has 0 N–H and O–H groups in total. The van der Waals surface area contributed by atoms with E-state index >= 15 is 0 Å². The molecule has 2 aliphatic rings. The number of piperazine rings is 1. The van der Waals surface area contributed by atoms with Crippen molar-refractivity contribution in [1.29, 1.82) is 0 Å². The molecule has 0 spiro atoms. The van der Waals surface area contributed by atoms with Crippen molar-refractivity contribution in [3.05, 3.63) is 107 Å². The molecular formula is C30H34Cl2F2N2O. The second kappa shape index (κ2) is 13.4. The molecule has 1 heterocycles. The number of hydrogen-bond donors (Lipinski definition) is 0. The summed E-state index contributed by atoms with van der Waals surface area (Å²) in [6.07, 6.45) is 5.73. The van der Waals surface area contributed by atoms with Crippen LogP contribution in [0.25, 0.3) is 5.57 Å². The minimum atomic E-state index is -0.244. The van der Waals surface area contributed by atoms with Crippen molar-refractivity contribution in [3.8, 4) is 5.75 Å². The van der Waals surface area contributed by atoms with Gasteiger partial charge in [0.05, 0.1) is 13.2 Å². The van der Waals surface area contributed by atoms with Crippen molar-refractivity contribution in [2.75, 3.05) is 39.8 Å². The molecule has 3 aromatic carbocycles. The molecule has 0 unspecified atom stereocenters. The molecule has 37 heavy (non-hydrogen) atoms. The maximum absolute atomic E-state index is 13.6. The second-order valence-electron chi connectivity index (χ2n) is 9.41. The van der Waals surface area contributed by atoms with Crippen LogP contribution in [0, 0.1) is 11.6 Å². The summed E-state index contributed by atoms with van der Waals surface area (Å²) in [6, 6.07) is 19.7. The summed E-state index contributed by atoms with van der Waals surface area (Å²) < 4.78 is 32.8. The molecule has 198 valence electrons. The summed E-state index contributed by atoms with van der Waals surface area (Å²) in [5, 5.41) is 0. The van der Waals surface area contributed by atoms with Crippen molar-refractivity contribution in [3.63, 3.8) is 0 Å². The van der Waals surface area contributed by atoms with Gasteiger partial charge in [0.25, 0.3) is 0 Å². The smallest absolute Gasteiger partial charge is 0.123 e. The van der Waals surface area contributed by atoms with E-state index in [4.69, 9.17) is 4.74 Å². The van der Waals surface area contributed by atoms with Gasteiger partial charge in [-0.3, -0.25) is 9.80 Å². The number of allylic oxidation sites excluding steroid dienone is 1. The second-order valence-corrected chi connectivity index (χ2v) is 9.41. The Hall–Kier alpha value is -2.44. The largest absolute Gasteiger partial charge is 0.496 e. The highest BCUT2D eigenvalue weighted by atomic mass is 35.5. The van der Waals surface area contributed by atoms with Gasteiger partial charge in [0.1, 0.15) is 17.4 Å². The zero-order chi connectivity index (χ0) is 24.2. The van der Waals surface area contributed by atoms with Crippen molar-refractivity contribution in [1.82, 2.24) is 9.80 Å². The fourth-order valence-electron chi connectivity index (χ4n) is 5.47. The fourth-order valence-corrected chi connectivity index (χ4v) is 5.47. The predicted molar refractivity (Wildman–Crippen MR) is 151 cm³/mol. The highest BCUT2D eigenvalue weighted by molar-refractivity contribution is 5.85. The molecule has 0 atom stereocenters. The quantitative estimate of drug-likeness (QED) is 0.333. The van der Waals surface area contributed by atoms with Crippen LogP contribution in [0.5, 0.6) is 5.75 Å². The van der Waals surface area contributed by atoms with Gasteiger partial charge in [-0.15, -0.1) is 24.8 Å². The SMILES string of the molecule is COc1cccc2c1CCC/C2=C/CN1CCN(C(c2ccc(F)cc2)c2ccc(F)cc2)CC1.Cl.Cl. The number of hydrogen-bond acceptors (Lipinski definition) is 3. The maximum Gasteiger partial charge on any atom is 0.123 e. The highest BCUT2D eigenvalue weighted by Crippen LogP contribution is 2.36. The number of rotatable bonds is 6. The molecule has 3 aromatic rings. The number of ether oxygens (including phenoxy) is 1. The van der Waals surface area contributed by atoms with E-state index in [-0.39, 0.29) is 42.5 Å². The molecule has 0 radical (unpaired) electrons. The van der Waals surface area contributed by atoms with E-state index in [1.54, 1.807) is 7.11 Å². The summed E-state index contributed by atoms with van der Waals surface area (Å²) in [5.41, 5.74) is 6.14. The van der Waals surface area contributed by atoms with Crippen LogP contribution in [0.2, 0.25) is 0 Å². The van der Waals surface area contributed by atoms with Crippen LogP contribution < -0.4 is 4.74 Å². The number of halogens is 4. The maximum atomic E-state index is 13.6. The van der Waals surface area contributed by atoms with Gasteiger partial charge in [-0.2, -0.15) is 0 Å². The first-order valence-electron chi connectivity index (χ1n) is 12.4. The van der Waals surface area contributed by atoms with Gasteiger partial charge < -0.3 is 4.74 Å². The molecular weight excluding hydrogens is 513 g/mol. The van der Waals surface area contributed by atoms with Crippen LogP contribution in [0.1, 0.15) is 41.1 Å². The minimum absolute atomic E-state index is 0. The summed E-state index contributed by atoms with van der Waals surface area (Å²) >= 11 is 0. The molecule has 1 aliphatic carbocycles. The number of benzene rings is 3. The average molecular weight is 548 g/mol. The Balaban J connectivity index is 0.00000190. The third-order valence-electron chi connectivity index (χ3n) is 7.31. The molecule has 3 nitrogen and oxygen atoms in total. The van der Waals surface area contributed by atoms with Crippen molar-refractivity contribution in [2.45, 2.75) is 25.3 Å². The Bertz CT molecular complexity index is 1130. The van der Waals surface area contributed by atoms with E-state index in [1.807, 2.05) is 24.3 Å². The van der Waals surface area contributed by atoms with E-state index in [0.717, 1.165) is 68.9 Å². The lowest BCUT2D eigenvalue weighted by Gasteiger charge is -2.39. The van der Waals surface area contributed by atoms with Gasteiger partial charge in [-0.05, 0) is 71.9 Å². The standard InChI is InChI=1S/C30H32F2N2O.2ClH/c1-35-29-7-3-5-27-22(4-2-6-28(27)29)16-17-33-18-20-34(21-19-33)30(23-8-12-25(31)13-9-23)24-10-14-26(32)15-11-24;;/h3,5,7-16,30H,2,4,6,17-21H2,1H3;2*1H/b22-16-;;. The van der Waals surface area contributed by atoms with Gasteiger partial charge in [0.15, 0.2) is 0 Å². The number of fused-ring (bicyclic) bond motifs is 1. The Morgan fingerprint density at radius 1 is 0.811 bits per heavy atom. The average Bonchev–Trinajstić information content (AvgIpc) is 2.90. The van der Waals surface area contributed by atoms with Gasteiger partial charge in [-0.1, -0.05) is 42.5 Å². The van der Waals surface area contributed by atoms with Gasteiger partial charge in [0, 0.05) is 38.3 Å². The van der Waals surface area contributed by atoms with E-state index in [1.165, 1.54) is 41.0 Å². The lowest BCUT2D eigenvalue weighted by molar-refractivity contribution is 0.117. The van der Waals surface area contributed by atoms with Crippen LogP contribution >= 0.6 is 24.8 Å². The zero-order valence-corrected chi connectivity index (χ0v) is 22.7. The van der Waals surface area contributed by atoms with Gasteiger partial charge >= 0.3 is 0 Å². The fraction of sp³-hybridized carbons (Fsp3) is 0.333. The molecule has 0 bridgehead atoms. The van der Waals surface area contributed by atoms with E-state index in [0.29, 0.717) is 0 Å². The monoisotopic (exact) mass is 546 g/mol. The molecule has 0 aromatic heterocycles. The summed E-state index contributed by atoms with van der Waals surface area (Å²) in [6.45, 7) is 4.62. The molecule has 5 rings (SSSR count). The summed E-state index contributed by atoms with van der Waals surface area (Å²) in [7, 11) is 1.75. The topological polar surface area (TPSA) is 15.7 Å². The minimum Gasteiger partial charge on any atom is -0.496 e. The first-order chi connectivity index (χ1) is 17.1. The normalized spacial score (nSPS) is 17.1. The molecule has 0 amide bonds. The molecule has 7 heteroatoms. The molecule has 1 saturated heterocycles. The van der Waals surface area contributed by atoms with Crippen LogP contribution in [0.3, 0.4) is 0 Å². The highest BCUT2D eigenvalue weighted by Gasteiger charge is 2.26. The van der Waals surface area contributed by atoms with Crippen molar-refractivity contribution in [2.24, 2.45) is 0 Å². The third-order valence-corrected chi connectivity index (χ3v) is 7.31. The molecule has 1 aliphatic heterocycles. The lowest BCUT2D eigenvalue weighted by atomic mass is 9.86. The lowest BCUT2D eigenvalue weighted by Crippen LogP contribution is -2.47. The summed E-state index contributed by atoms with van der Waals surface area (Å²) in [5.74, 6) is 0.507. The van der Waals surface area contributed by atoms with Crippen molar-refractivity contribution < 1.29 is 13.5 Å². The Morgan fingerprint density at radius 3 is 1.97 bits per heavy atom. The van der Waals surface area contributed by atoms with Gasteiger partial charge in [-0.25, -0.2) is 8.78 Å². The van der Waals surface area contributed by atoms with E-state index in [9.17, 15) is 8.78 Å². The van der Waals surface area contributed by atoms with Crippen LogP contribution in [0.15, 0.2) is 72.8 Å². The Morgan fingerprint density at radius 2 is 1.41 bits per heavy atom. The predicted octanol–water partition coefficient (Wildman–Crippen LogP) is 6.94. The van der Waals surface area contributed by atoms with Crippen molar-refractivity contribution >= 4 is 30.4 Å². The number of methoxy groups -OCH3 is 1. The molecule has 1 fully saturated rings. The van der Waals surface area contributed by atoms with E-state index < -0.39 is 0 Å². The Labute approximate surface area is 230 Å². The number of nitrogens with zero attached hydrogens (tertiary/aromatic N) is 2. The Kier molecular flexibility index (Phi) is 10.5. The first-order valence-corrected chi connectivity index (χ1v) is 12.4. The molecule has 0 saturated carbocycles. The van der Waals surface area contributed by atoms with Crippen LogP contribution in [-0.2, 0) is 6.42 Å². The van der Waals surface area contributed by atoms with Crippen LogP contribution in [0.4, 0.5) is 8.78 Å².